The Balaban J connectivity index is 1.88. The molecule has 0 aliphatic heterocycles. The van der Waals surface area contributed by atoms with E-state index < -0.39 is 0 Å². The van der Waals surface area contributed by atoms with E-state index in [4.69, 9.17) is 0 Å². The fraction of sp³-hybridized carbons (Fsp3) is 0.600. The molecule has 1 aliphatic rings. The van der Waals surface area contributed by atoms with Gasteiger partial charge in [-0.05, 0) is 19.4 Å². The van der Waals surface area contributed by atoms with Crippen molar-refractivity contribution in [3.05, 3.63) is 18.1 Å². The van der Waals surface area contributed by atoms with Crippen LogP contribution in [0.5, 0.6) is 0 Å². The van der Waals surface area contributed by atoms with Crippen LogP contribution < -0.4 is 10.6 Å². The molecule has 0 radical (unpaired) electrons. The molecule has 0 saturated heterocycles. The largest absolute Gasteiger partial charge is 0.366 e. The maximum absolute atomic E-state index is 4.31. The third kappa shape index (κ3) is 2.67. The molecule has 1 aliphatic carbocycles. The van der Waals surface area contributed by atoms with Crippen LogP contribution in [0.3, 0.4) is 0 Å². The van der Waals surface area contributed by atoms with E-state index in [9.17, 15) is 0 Å². The Morgan fingerprint density at radius 2 is 2.21 bits per heavy atom. The second-order valence-electron chi connectivity index (χ2n) is 3.59. The molecule has 1 fully saturated rings. The van der Waals surface area contributed by atoms with E-state index in [0.29, 0.717) is 6.04 Å². The minimum absolute atomic E-state index is 0.643. The van der Waals surface area contributed by atoms with Crippen molar-refractivity contribution in [2.24, 2.45) is 0 Å². The fourth-order valence-corrected chi connectivity index (χ4v) is 1.21. The van der Waals surface area contributed by atoms with Gasteiger partial charge >= 0.3 is 0 Å². The third-order valence-electron chi connectivity index (χ3n) is 2.19. The number of rotatable bonds is 5. The van der Waals surface area contributed by atoms with Gasteiger partial charge in [0, 0.05) is 12.6 Å². The average Bonchev–Trinajstić information content (AvgIpc) is 3.01. The lowest BCUT2D eigenvalue weighted by Gasteiger charge is -2.04. The number of hydrogen-bond acceptors (Lipinski definition) is 4. The zero-order chi connectivity index (χ0) is 9.80. The highest BCUT2D eigenvalue weighted by atomic mass is 15.1. The van der Waals surface area contributed by atoms with Crippen LogP contribution in [0.15, 0.2) is 12.4 Å². The van der Waals surface area contributed by atoms with Gasteiger partial charge in [-0.2, -0.15) is 0 Å². The highest BCUT2D eigenvalue weighted by Crippen LogP contribution is 2.22. The molecule has 0 amide bonds. The van der Waals surface area contributed by atoms with Gasteiger partial charge in [0.15, 0.2) is 0 Å². The van der Waals surface area contributed by atoms with Crippen molar-refractivity contribution < 1.29 is 0 Å². The van der Waals surface area contributed by atoms with Gasteiger partial charge in [0.2, 0.25) is 0 Å². The van der Waals surface area contributed by atoms with Crippen molar-refractivity contribution in [2.45, 2.75) is 32.4 Å². The van der Waals surface area contributed by atoms with Gasteiger partial charge in [0.25, 0.3) is 0 Å². The summed E-state index contributed by atoms with van der Waals surface area (Å²) in [5.74, 6) is 0.896. The Morgan fingerprint density at radius 1 is 1.36 bits per heavy atom. The summed E-state index contributed by atoms with van der Waals surface area (Å²) < 4.78 is 0. The van der Waals surface area contributed by atoms with Gasteiger partial charge in [-0.25, -0.2) is 4.98 Å². The SMILES string of the molecule is CCNCc1cnc(NC2CC2)cn1. The molecule has 0 atom stereocenters. The molecule has 2 N–H and O–H groups in total. The first kappa shape index (κ1) is 9.40. The standard InChI is InChI=1S/C10H16N4/c1-2-11-5-9-6-13-10(7-12-9)14-8-3-4-8/h6-8,11H,2-5H2,1H3,(H,13,14). The average molecular weight is 192 g/mol. The van der Waals surface area contributed by atoms with E-state index in [-0.39, 0.29) is 0 Å². The second-order valence-corrected chi connectivity index (χ2v) is 3.59. The van der Waals surface area contributed by atoms with E-state index in [1.54, 1.807) is 0 Å². The van der Waals surface area contributed by atoms with Crippen LogP contribution in [0, 0.1) is 0 Å². The second kappa shape index (κ2) is 4.37. The van der Waals surface area contributed by atoms with Crippen molar-refractivity contribution in [3.8, 4) is 0 Å². The lowest BCUT2D eigenvalue weighted by molar-refractivity contribution is 0.707. The third-order valence-corrected chi connectivity index (χ3v) is 2.19. The molecule has 4 nitrogen and oxygen atoms in total. The van der Waals surface area contributed by atoms with Gasteiger partial charge in [0.05, 0.1) is 18.1 Å². The summed E-state index contributed by atoms with van der Waals surface area (Å²) in [6.07, 6.45) is 6.17. The molecule has 0 spiro atoms. The molecule has 0 aromatic carbocycles. The lowest BCUT2D eigenvalue weighted by atomic mass is 10.4. The zero-order valence-corrected chi connectivity index (χ0v) is 8.45. The van der Waals surface area contributed by atoms with Gasteiger partial charge < -0.3 is 10.6 Å². The Hall–Kier alpha value is -1.16. The molecular weight excluding hydrogens is 176 g/mol. The van der Waals surface area contributed by atoms with E-state index in [1.165, 1.54) is 12.8 Å². The van der Waals surface area contributed by atoms with Crippen LogP contribution in [0.1, 0.15) is 25.5 Å². The predicted molar refractivity (Wildman–Crippen MR) is 56.1 cm³/mol. The van der Waals surface area contributed by atoms with E-state index >= 15 is 0 Å². The maximum atomic E-state index is 4.31. The minimum atomic E-state index is 0.643. The quantitative estimate of drug-likeness (QED) is 0.735. The van der Waals surface area contributed by atoms with Gasteiger partial charge in [-0.3, -0.25) is 4.98 Å². The molecule has 1 heterocycles. The fourth-order valence-electron chi connectivity index (χ4n) is 1.21. The summed E-state index contributed by atoms with van der Waals surface area (Å²) in [6.45, 7) is 3.84. The van der Waals surface area contributed by atoms with Crippen LogP contribution in [0.4, 0.5) is 5.82 Å². The summed E-state index contributed by atoms with van der Waals surface area (Å²) in [5, 5.41) is 6.52. The van der Waals surface area contributed by atoms with Crippen molar-refractivity contribution in [1.82, 2.24) is 15.3 Å². The van der Waals surface area contributed by atoms with Crippen molar-refractivity contribution in [1.29, 1.82) is 0 Å². The van der Waals surface area contributed by atoms with Gasteiger partial charge in [-0.15, -0.1) is 0 Å². The molecule has 0 bridgehead atoms. The minimum Gasteiger partial charge on any atom is -0.366 e. The Kier molecular flexibility index (Phi) is 2.93. The molecule has 1 aromatic heterocycles. The van der Waals surface area contributed by atoms with Crippen molar-refractivity contribution in [3.63, 3.8) is 0 Å². The molecule has 4 heteroatoms. The normalized spacial score (nSPS) is 15.5. The topological polar surface area (TPSA) is 49.8 Å². The van der Waals surface area contributed by atoms with Crippen molar-refractivity contribution in [2.75, 3.05) is 11.9 Å². The van der Waals surface area contributed by atoms with Crippen LogP contribution in [-0.4, -0.2) is 22.6 Å². The van der Waals surface area contributed by atoms with E-state index in [0.717, 1.165) is 24.6 Å². The molecule has 1 saturated carbocycles. The highest BCUT2D eigenvalue weighted by molar-refractivity contribution is 5.34. The number of anilines is 1. The molecule has 1 aromatic rings. The van der Waals surface area contributed by atoms with Crippen LogP contribution in [0.25, 0.3) is 0 Å². The molecule has 76 valence electrons. The molecule has 0 unspecified atom stereocenters. The predicted octanol–water partition coefficient (Wildman–Crippen LogP) is 1.16. The summed E-state index contributed by atoms with van der Waals surface area (Å²) >= 11 is 0. The van der Waals surface area contributed by atoms with Crippen molar-refractivity contribution >= 4 is 5.82 Å². The maximum Gasteiger partial charge on any atom is 0.144 e. The van der Waals surface area contributed by atoms with E-state index in [1.807, 2.05) is 12.4 Å². The molecule has 14 heavy (non-hydrogen) atoms. The Morgan fingerprint density at radius 3 is 2.79 bits per heavy atom. The lowest BCUT2D eigenvalue weighted by Crippen LogP contribution is -2.13. The Bertz CT molecular complexity index is 279. The van der Waals surface area contributed by atoms with E-state index in [2.05, 4.69) is 27.5 Å². The zero-order valence-electron chi connectivity index (χ0n) is 8.45. The van der Waals surface area contributed by atoms with Crippen LogP contribution in [0.2, 0.25) is 0 Å². The van der Waals surface area contributed by atoms with Crippen LogP contribution in [-0.2, 0) is 6.54 Å². The summed E-state index contributed by atoms with van der Waals surface area (Å²) in [7, 11) is 0. The summed E-state index contributed by atoms with van der Waals surface area (Å²) in [6, 6.07) is 0.643. The van der Waals surface area contributed by atoms with Gasteiger partial charge in [0.1, 0.15) is 5.82 Å². The highest BCUT2D eigenvalue weighted by Gasteiger charge is 2.21. The summed E-state index contributed by atoms with van der Waals surface area (Å²) in [4.78, 5) is 8.61. The molecular formula is C10H16N4. The number of nitrogens with zero attached hydrogens (tertiary/aromatic N) is 2. The van der Waals surface area contributed by atoms with Crippen LogP contribution >= 0.6 is 0 Å². The number of hydrogen-bond donors (Lipinski definition) is 2. The first-order chi connectivity index (χ1) is 6.88. The molecule has 2 rings (SSSR count). The Labute approximate surface area is 84.2 Å². The monoisotopic (exact) mass is 192 g/mol. The number of nitrogens with one attached hydrogen (secondary N) is 2. The number of aromatic nitrogens is 2. The summed E-state index contributed by atoms with van der Waals surface area (Å²) in [5.41, 5.74) is 0.994. The first-order valence-corrected chi connectivity index (χ1v) is 5.16. The van der Waals surface area contributed by atoms with Gasteiger partial charge in [-0.1, -0.05) is 6.92 Å². The first-order valence-electron chi connectivity index (χ1n) is 5.16. The smallest absolute Gasteiger partial charge is 0.144 e.